The maximum atomic E-state index is 12.5. The van der Waals surface area contributed by atoms with E-state index in [1.807, 2.05) is 23.6 Å². The van der Waals surface area contributed by atoms with Gasteiger partial charge >= 0.3 is 0 Å². The number of nitro benzene ring substituents is 1. The van der Waals surface area contributed by atoms with Crippen LogP contribution in [0.25, 0.3) is 10.2 Å². The summed E-state index contributed by atoms with van der Waals surface area (Å²) < 4.78 is 8.20. The first kappa shape index (κ1) is 19.2. The van der Waals surface area contributed by atoms with Gasteiger partial charge in [0.1, 0.15) is 0 Å². The number of hydrogen-bond donors (Lipinski definition) is 0. The molecule has 0 saturated heterocycles. The van der Waals surface area contributed by atoms with Gasteiger partial charge in [-0.2, -0.15) is 4.99 Å². The average molecular weight is 406 g/mol. The molecule has 3 rings (SSSR count). The van der Waals surface area contributed by atoms with Crippen LogP contribution in [0.1, 0.15) is 17.3 Å². The van der Waals surface area contributed by atoms with Crippen LogP contribution in [0.3, 0.4) is 0 Å². The summed E-state index contributed by atoms with van der Waals surface area (Å²) in [5, 5.41) is 11.3. The fourth-order valence-electron chi connectivity index (χ4n) is 2.56. The topological polar surface area (TPSA) is 86.7 Å². The molecule has 0 saturated carbocycles. The van der Waals surface area contributed by atoms with E-state index in [9.17, 15) is 14.9 Å². The van der Waals surface area contributed by atoms with Crippen molar-refractivity contribution in [2.75, 3.05) is 13.2 Å². The summed E-state index contributed by atoms with van der Waals surface area (Å²) in [5.41, 5.74) is 1.01. The van der Waals surface area contributed by atoms with Crippen molar-refractivity contribution in [1.29, 1.82) is 0 Å². The molecular formula is C18H16ClN3O4S. The van der Waals surface area contributed by atoms with E-state index in [4.69, 9.17) is 16.3 Å². The maximum Gasteiger partial charge on any atom is 0.279 e. The van der Waals surface area contributed by atoms with Crippen LogP contribution in [-0.4, -0.2) is 28.6 Å². The Hall–Kier alpha value is -2.55. The number of benzene rings is 2. The number of amides is 1. The number of ether oxygens (including phenoxy) is 1. The third-order valence-electron chi connectivity index (χ3n) is 3.84. The van der Waals surface area contributed by atoms with E-state index in [1.54, 1.807) is 6.07 Å². The Morgan fingerprint density at radius 1 is 1.30 bits per heavy atom. The molecule has 0 spiro atoms. The molecule has 2 aromatic carbocycles. The summed E-state index contributed by atoms with van der Waals surface area (Å²) in [6, 6.07) is 10.9. The number of aromatic nitrogens is 1. The summed E-state index contributed by atoms with van der Waals surface area (Å²) in [5.74, 6) is -0.474. The zero-order valence-corrected chi connectivity index (χ0v) is 16.0. The predicted molar refractivity (Wildman–Crippen MR) is 104 cm³/mol. The van der Waals surface area contributed by atoms with Gasteiger partial charge in [0, 0.05) is 30.8 Å². The van der Waals surface area contributed by atoms with E-state index in [1.165, 1.54) is 35.6 Å². The molecule has 0 fully saturated rings. The number of carbonyl (C=O) groups is 1. The zero-order valence-electron chi connectivity index (χ0n) is 14.4. The monoisotopic (exact) mass is 405 g/mol. The van der Waals surface area contributed by atoms with Gasteiger partial charge in [-0.3, -0.25) is 14.9 Å². The van der Waals surface area contributed by atoms with Crippen LogP contribution in [-0.2, 0) is 11.3 Å². The highest BCUT2D eigenvalue weighted by atomic mass is 35.5. The second kappa shape index (κ2) is 8.43. The van der Waals surface area contributed by atoms with Gasteiger partial charge in [-0.1, -0.05) is 29.0 Å². The van der Waals surface area contributed by atoms with Crippen LogP contribution in [0.4, 0.5) is 5.69 Å². The molecule has 1 aromatic heterocycles. The first-order valence-electron chi connectivity index (χ1n) is 8.20. The van der Waals surface area contributed by atoms with E-state index in [-0.39, 0.29) is 11.3 Å². The Bertz CT molecular complexity index is 1060. The number of nitrogens with zero attached hydrogens (tertiary/aromatic N) is 3. The Morgan fingerprint density at radius 3 is 2.70 bits per heavy atom. The highest BCUT2D eigenvalue weighted by Crippen LogP contribution is 2.25. The van der Waals surface area contributed by atoms with Crippen LogP contribution in [0, 0.1) is 10.1 Å². The molecule has 3 aromatic rings. The van der Waals surface area contributed by atoms with Crippen molar-refractivity contribution in [2.24, 2.45) is 4.99 Å². The first-order valence-corrected chi connectivity index (χ1v) is 9.40. The van der Waals surface area contributed by atoms with E-state index < -0.39 is 10.8 Å². The molecule has 0 bridgehead atoms. The van der Waals surface area contributed by atoms with Crippen molar-refractivity contribution in [3.8, 4) is 0 Å². The molecule has 7 nitrogen and oxygen atoms in total. The van der Waals surface area contributed by atoms with Crippen molar-refractivity contribution in [2.45, 2.75) is 13.5 Å². The van der Waals surface area contributed by atoms with Gasteiger partial charge in [0.05, 0.1) is 26.8 Å². The number of nitro groups is 1. The van der Waals surface area contributed by atoms with Crippen molar-refractivity contribution in [3.63, 3.8) is 0 Å². The smallest absolute Gasteiger partial charge is 0.279 e. The molecule has 0 N–H and O–H groups in total. The minimum Gasteiger partial charge on any atom is -0.380 e. The largest absolute Gasteiger partial charge is 0.380 e. The van der Waals surface area contributed by atoms with Gasteiger partial charge in [0.15, 0.2) is 4.80 Å². The Balaban J connectivity index is 2.03. The summed E-state index contributed by atoms with van der Waals surface area (Å²) in [6.45, 7) is 3.47. The van der Waals surface area contributed by atoms with Gasteiger partial charge in [0.2, 0.25) is 0 Å². The van der Waals surface area contributed by atoms with E-state index >= 15 is 0 Å². The fraction of sp³-hybridized carbons (Fsp3) is 0.222. The molecule has 0 unspecified atom stereocenters. The lowest BCUT2D eigenvalue weighted by molar-refractivity contribution is -0.384. The molecule has 1 heterocycles. The van der Waals surface area contributed by atoms with Gasteiger partial charge in [-0.25, -0.2) is 0 Å². The molecule has 9 heteroatoms. The number of halogens is 1. The van der Waals surface area contributed by atoms with Gasteiger partial charge in [-0.15, -0.1) is 0 Å². The van der Waals surface area contributed by atoms with Crippen LogP contribution in [0.5, 0.6) is 0 Å². The second-order valence-electron chi connectivity index (χ2n) is 5.54. The summed E-state index contributed by atoms with van der Waals surface area (Å²) in [6.07, 6.45) is 0. The molecule has 0 radical (unpaired) electrons. The number of thiazole rings is 1. The van der Waals surface area contributed by atoms with E-state index in [0.29, 0.717) is 29.6 Å². The molecule has 140 valence electrons. The first-order chi connectivity index (χ1) is 13.0. The van der Waals surface area contributed by atoms with E-state index in [0.717, 1.165) is 10.2 Å². The molecule has 0 aliphatic carbocycles. The third-order valence-corrected chi connectivity index (χ3v) is 5.19. The molecule has 0 aliphatic rings. The lowest BCUT2D eigenvalue weighted by Gasteiger charge is -2.06. The number of hydrogen-bond acceptors (Lipinski definition) is 5. The minimum absolute atomic E-state index is 0.0769. The van der Waals surface area contributed by atoms with Gasteiger partial charge in [-0.05, 0) is 31.2 Å². The molecule has 27 heavy (non-hydrogen) atoms. The van der Waals surface area contributed by atoms with Crippen LogP contribution >= 0.6 is 22.9 Å². The number of carbonyl (C=O) groups excluding carboxylic acids is 1. The van der Waals surface area contributed by atoms with Gasteiger partial charge < -0.3 is 9.30 Å². The highest BCUT2D eigenvalue weighted by molar-refractivity contribution is 7.16. The normalized spacial score (nSPS) is 11.9. The molecule has 0 atom stereocenters. The molecule has 0 aliphatic heterocycles. The fourth-order valence-corrected chi connectivity index (χ4v) is 3.97. The third kappa shape index (κ3) is 4.24. The Morgan fingerprint density at radius 2 is 2.04 bits per heavy atom. The highest BCUT2D eigenvalue weighted by Gasteiger charge is 2.13. The summed E-state index contributed by atoms with van der Waals surface area (Å²) in [4.78, 5) is 27.5. The standard InChI is InChI=1S/C18H16ClN3O4S/c1-2-26-11-10-21-16-14(19)4-3-5-15(16)27-18(21)20-17(23)12-6-8-13(9-7-12)22(24)25/h3-9H,2,10-11H2,1H3. The van der Waals surface area contributed by atoms with Crippen molar-refractivity contribution >= 4 is 44.7 Å². The average Bonchev–Trinajstić information content (AvgIpc) is 3.00. The predicted octanol–water partition coefficient (Wildman–Crippen LogP) is 4.04. The quantitative estimate of drug-likeness (QED) is 0.352. The summed E-state index contributed by atoms with van der Waals surface area (Å²) >= 11 is 7.70. The van der Waals surface area contributed by atoms with Crippen molar-refractivity contribution in [3.05, 3.63) is 68.0 Å². The lowest BCUT2D eigenvalue weighted by Crippen LogP contribution is -2.20. The molecule has 1 amide bonds. The number of para-hydroxylation sites is 1. The zero-order chi connectivity index (χ0) is 19.4. The SMILES string of the molecule is CCOCCn1c(=NC(=O)c2ccc([N+](=O)[O-])cc2)sc2cccc(Cl)c21. The number of non-ortho nitro benzene ring substituents is 1. The van der Waals surface area contributed by atoms with Crippen LogP contribution < -0.4 is 4.80 Å². The maximum absolute atomic E-state index is 12.5. The van der Waals surface area contributed by atoms with E-state index in [2.05, 4.69) is 4.99 Å². The van der Waals surface area contributed by atoms with Crippen LogP contribution in [0.2, 0.25) is 5.02 Å². The van der Waals surface area contributed by atoms with Gasteiger partial charge in [0.25, 0.3) is 11.6 Å². The Labute approximate surface area is 163 Å². The lowest BCUT2D eigenvalue weighted by atomic mass is 10.2. The summed E-state index contributed by atoms with van der Waals surface area (Å²) in [7, 11) is 0. The van der Waals surface area contributed by atoms with Crippen molar-refractivity contribution in [1.82, 2.24) is 4.57 Å². The van der Waals surface area contributed by atoms with Crippen molar-refractivity contribution < 1.29 is 14.5 Å². The number of rotatable bonds is 6. The second-order valence-corrected chi connectivity index (χ2v) is 6.96. The number of fused-ring (bicyclic) bond motifs is 1. The minimum atomic E-state index is -0.513. The Kier molecular flexibility index (Phi) is 6.00. The molecular weight excluding hydrogens is 390 g/mol. The van der Waals surface area contributed by atoms with Crippen LogP contribution in [0.15, 0.2) is 47.5 Å².